The number of rotatable bonds is 4. The Morgan fingerprint density at radius 2 is 2.05 bits per heavy atom. The lowest BCUT2D eigenvalue weighted by Gasteiger charge is -2.16. The summed E-state index contributed by atoms with van der Waals surface area (Å²) < 4.78 is 19.4. The number of benzene rings is 2. The molecule has 1 unspecified atom stereocenters. The predicted molar refractivity (Wildman–Crippen MR) is 82.8 cm³/mol. The second kappa shape index (κ2) is 6.57. The number of ether oxygens (including phenoxy) is 1. The van der Waals surface area contributed by atoms with Crippen molar-refractivity contribution in [3.8, 4) is 5.75 Å². The highest BCUT2D eigenvalue weighted by atomic mass is 79.9. The molecule has 2 N–H and O–H groups in total. The first-order valence-corrected chi connectivity index (χ1v) is 7.32. The van der Waals surface area contributed by atoms with E-state index in [1.807, 2.05) is 25.1 Å². The zero-order valence-corrected chi connectivity index (χ0v) is 13.2. The predicted octanol–water partition coefficient (Wildman–Crippen LogP) is 4.69. The van der Waals surface area contributed by atoms with E-state index in [1.165, 1.54) is 6.07 Å². The fourth-order valence-electron chi connectivity index (χ4n) is 1.90. The third-order valence-electron chi connectivity index (χ3n) is 2.92. The summed E-state index contributed by atoms with van der Waals surface area (Å²) in [6.45, 7) is 2.53. The topological polar surface area (TPSA) is 35.2 Å². The molecular weight excluding hydrogens is 345 g/mol. The fraction of sp³-hybridized carbons (Fsp3) is 0.200. The summed E-state index contributed by atoms with van der Waals surface area (Å²) in [5, 5.41) is 0.0695. The zero-order valence-electron chi connectivity index (χ0n) is 10.9. The van der Waals surface area contributed by atoms with Gasteiger partial charge in [-0.2, -0.15) is 0 Å². The van der Waals surface area contributed by atoms with E-state index >= 15 is 0 Å². The summed E-state index contributed by atoms with van der Waals surface area (Å²) in [6, 6.07) is 9.72. The van der Waals surface area contributed by atoms with Crippen molar-refractivity contribution in [3.05, 3.63) is 62.8 Å². The highest BCUT2D eigenvalue weighted by Gasteiger charge is 2.14. The molecule has 2 aromatic rings. The maximum Gasteiger partial charge on any atom is 0.141 e. The molecule has 0 bridgehead atoms. The van der Waals surface area contributed by atoms with Crippen molar-refractivity contribution in [2.45, 2.75) is 13.0 Å². The van der Waals surface area contributed by atoms with E-state index in [0.29, 0.717) is 6.61 Å². The Morgan fingerprint density at radius 1 is 1.30 bits per heavy atom. The monoisotopic (exact) mass is 357 g/mol. The number of hydrogen-bond donors (Lipinski definition) is 1. The SMILES string of the molecule is CCOc1ccc(C(N)c2ccc(F)c(Cl)c2)c(Br)c1. The lowest BCUT2D eigenvalue weighted by atomic mass is 9.99. The Labute approximate surface area is 130 Å². The van der Waals surface area contributed by atoms with Crippen LogP contribution in [0.3, 0.4) is 0 Å². The van der Waals surface area contributed by atoms with Crippen LogP contribution in [-0.2, 0) is 0 Å². The first kappa shape index (κ1) is 15.3. The van der Waals surface area contributed by atoms with Crippen LogP contribution in [0.1, 0.15) is 24.1 Å². The minimum absolute atomic E-state index is 0.0695. The van der Waals surface area contributed by atoms with Gasteiger partial charge in [0.25, 0.3) is 0 Å². The molecule has 0 saturated carbocycles. The Balaban J connectivity index is 2.32. The third kappa shape index (κ3) is 3.32. The first-order chi connectivity index (χ1) is 9.52. The van der Waals surface area contributed by atoms with Gasteiger partial charge in [0.15, 0.2) is 0 Å². The number of hydrogen-bond acceptors (Lipinski definition) is 2. The van der Waals surface area contributed by atoms with Gasteiger partial charge in [0.05, 0.1) is 17.7 Å². The van der Waals surface area contributed by atoms with Crippen LogP contribution in [0.25, 0.3) is 0 Å². The van der Waals surface area contributed by atoms with Crippen LogP contribution in [0.5, 0.6) is 5.75 Å². The van der Waals surface area contributed by atoms with Gasteiger partial charge in [0.2, 0.25) is 0 Å². The molecular formula is C15H14BrClFNO. The molecule has 1 atom stereocenters. The molecule has 0 aliphatic heterocycles. The van der Waals surface area contributed by atoms with Crippen LogP contribution in [0.4, 0.5) is 4.39 Å². The standard InChI is InChI=1S/C15H14BrClFNO/c1-2-20-10-4-5-11(12(16)8-10)15(19)9-3-6-14(18)13(17)7-9/h3-8,15H,2,19H2,1H3. The van der Waals surface area contributed by atoms with E-state index in [4.69, 9.17) is 22.1 Å². The van der Waals surface area contributed by atoms with Gasteiger partial charge in [-0.25, -0.2) is 4.39 Å². The minimum atomic E-state index is -0.451. The molecule has 2 aromatic carbocycles. The third-order valence-corrected chi connectivity index (χ3v) is 3.90. The van der Waals surface area contributed by atoms with Gasteiger partial charge in [0, 0.05) is 4.47 Å². The summed E-state index contributed by atoms with van der Waals surface area (Å²) in [6.07, 6.45) is 0. The summed E-state index contributed by atoms with van der Waals surface area (Å²) in [7, 11) is 0. The molecule has 0 aliphatic rings. The Bertz CT molecular complexity index is 621. The lowest BCUT2D eigenvalue weighted by Crippen LogP contribution is -2.12. The molecule has 0 radical (unpaired) electrons. The van der Waals surface area contributed by atoms with Crippen molar-refractivity contribution in [1.82, 2.24) is 0 Å². The summed E-state index contributed by atoms with van der Waals surface area (Å²) in [5.41, 5.74) is 7.84. The van der Waals surface area contributed by atoms with Crippen LogP contribution >= 0.6 is 27.5 Å². The summed E-state index contributed by atoms with van der Waals surface area (Å²) >= 11 is 9.27. The second-order valence-electron chi connectivity index (χ2n) is 4.27. The van der Waals surface area contributed by atoms with Crippen molar-refractivity contribution >= 4 is 27.5 Å². The van der Waals surface area contributed by atoms with Crippen LogP contribution in [0, 0.1) is 5.82 Å². The zero-order chi connectivity index (χ0) is 14.7. The van der Waals surface area contributed by atoms with Crippen LogP contribution in [-0.4, -0.2) is 6.61 Å². The van der Waals surface area contributed by atoms with Crippen molar-refractivity contribution < 1.29 is 9.13 Å². The number of halogens is 3. The average molecular weight is 359 g/mol. The van der Waals surface area contributed by atoms with Gasteiger partial charge < -0.3 is 10.5 Å². The second-order valence-corrected chi connectivity index (χ2v) is 5.53. The van der Waals surface area contributed by atoms with Crippen LogP contribution < -0.4 is 10.5 Å². The van der Waals surface area contributed by atoms with Gasteiger partial charge in [-0.15, -0.1) is 0 Å². The fourth-order valence-corrected chi connectivity index (χ4v) is 2.70. The van der Waals surface area contributed by atoms with E-state index in [0.717, 1.165) is 21.3 Å². The van der Waals surface area contributed by atoms with Crippen LogP contribution in [0.2, 0.25) is 5.02 Å². The normalized spacial score (nSPS) is 12.2. The number of nitrogens with two attached hydrogens (primary N) is 1. The van der Waals surface area contributed by atoms with E-state index in [9.17, 15) is 4.39 Å². The van der Waals surface area contributed by atoms with Crippen molar-refractivity contribution in [1.29, 1.82) is 0 Å². The smallest absolute Gasteiger partial charge is 0.141 e. The van der Waals surface area contributed by atoms with Crippen molar-refractivity contribution in [2.24, 2.45) is 5.73 Å². The quantitative estimate of drug-likeness (QED) is 0.860. The van der Waals surface area contributed by atoms with Gasteiger partial charge in [-0.3, -0.25) is 0 Å². The maximum absolute atomic E-state index is 13.2. The molecule has 0 fully saturated rings. The molecule has 2 rings (SSSR count). The molecule has 2 nitrogen and oxygen atoms in total. The van der Waals surface area contributed by atoms with E-state index in [1.54, 1.807) is 12.1 Å². The molecule has 5 heteroatoms. The minimum Gasteiger partial charge on any atom is -0.494 e. The molecule has 0 aromatic heterocycles. The molecule has 0 spiro atoms. The molecule has 20 heavy (non-hydrogen) atoms. The van der Waals surface area contributed by atoms with Crippen LogP contribution in [0.15, 0.2) is 40.9 Å². The molecule has 0 saturated heterocycles. The average Bonchev–Trinajstić information content (AvgIpc) is 2.42. The molecule has 0 heterocycles. The Morgan fingerprint density at radius 3 is 2.65 bits per heavy atom. The van der Waals surface area contributed by atoms with Gasteiger partial charge >= 0.3 is 0 Å². The van der Waals surface area contributed by atoms with Crippen molar-refractivity contribution in [3.63, 3.8) is 0 Å². The van der Waals surface area contributed by atoms with Crippen molar-refractivity contribution in [2.75, 3.05) is 6.61 Å². The van der Waals surface area contributed by atoms with E-state index in [-0.39, 0.29) is 5.02 Å². The Kier molecular flexibility index (Phi) is 5.02. The highest BCUT2D eigenvalue weighted by molar-refractivity contribution is 9.10. The highest BCUT2D eigenvalue weighted by Crippen LogP contribution is 2.31. The molecule has 0 amide bonds. The lowest BCUT2D eigenvalue weighted by molar-refractivity contribution is 0.340. The summed E-state index contributed by atoms with van der Waals surface area (Å²) in [5.74, 6) is 0.320. The van der Waals surface area contributed by atoms with E-state index < -0.39 is 11.9 Å². The maximum atomic E-state index is 13.2. The largest absolute Gasteiger partial charge is 0.494 e. The van der Waals surface area contributed by atoms with Gasteiger partial charge in [0.1, 0.15) is 11.6 Å². The van der Waals surface area contributed by atoms with Gasteiger partial charge in [-0.1, -0.05) is 39.7 Å². The van der Waals surface area contributed by atoms with Gasteiger partial charge in [-0.05, 0) is 42.3 Å². The summed E-state index contributed by atoms with van der Waals surface area (Å²) in [4.78, 5) is 0. The molecule has 106 valence electrons. The first-order valence-electron chi connectivity index (χ1n) is 6.15. The Hall–Kier alpha value is -1.10. The van der Waals surface area contributed by atoms with E-state index in [2.05, 4.69) is 15.9 Å². The molecule has 0 aliphatic carbocycles.